The monoisotopic (exact) mass is 451 g/mol. The number of fused-ring (bicyclic) bond motifs is 1. The van der Waals surface area contributed by atoms with Gasteiger partial charge in [-0.15, -0.1) is 0 Å². The fraction of sp³-hybridized carbons (Fsp3) is 0.542. The molecule has 3 rings (SSSR count). The predicted molar refractivity (Wildman–Crippen MR) is 122 cm³/mol. The fourth-order valence-corrected chi connectivity index (χ4v) is 4.05. The predicted octanol–water partition coefficient (Wildman–Crippen LogP) is 3.47. The van der Waals surface area contributed by atoms with Crippen LogP contribution in [0.15, 0.2) is 23.3 Å². The summed E-state index contributed by atoms with van der Waals surface area (Å²) >= 11 is 0. The number of nitrogens with zero attached hydrogens (tertiary/aromatic N) is 4. The zero-order valence-corrected chi connectivity index (χ0v) is 18.7. The van der Waals surface area contributed by atoms with Gasteiger partial charge >= 0.3 is 0 Å². The van der Waals surface area contributed by atoms with E-state index in [4.69, 9.17) is 10.3 Å². The second-order valence-electron chi connectivity index (χ2n) is 8.20. The van der Waals surface area contributed by atoms with Gasteiger partial charge in [0.2, 0.25) is 11.8 Å². The zero-order valence-electron chi connectivity index (χ0n) is 18.7. The molecule has 1 fully saturated rings. The molecule has 0 aliphatic carbocycles. The van der Waals surface area contributed by atoms with E-state index < -0.39 is 11.9 Å². The molecule has 1 N–H and O–H groups in total. The van der Waals surface area contributed by atoms with E-state index >= 15 is 0 Å². The van der Waals surface area contributed by atoms with Gasteiger partial charge in [0, 0.05) is 42.2 Å². The third-order valence-corrected chi connectivity index (χ3v) is 5.79. The summed E-state index contributed by atoms with van der Waals surface area (Å²) in [5.41, 5.74) is 10.4. The second kappa shape index (κ2) is 12.6. The van der Waals surface area contributed by atoms with E-state index in [0.717, 1.165) is 49.7 Å². The van der Waals surface area contributed by atoms with Crippen LogP contribution < -0.4 is 5.32 Å². The summed E-state index contributed by atoms with van der Waals surface area (Å²) in [4.78, 5) is 40.5. The molecule has 1 saturated heterocycles. The molecular formula is C24H29N5O4. The molecule has 1 aromatic rings. The number of amides is 3. The lowest BCUT2D eigenvalue weighted by Gasteiger charge is -2.29. The maximum atomic E-state index is 12.7. The first-order chi connectivity index (χ1) is 16.1. The first kappa shape index (κ1) is 24.3. The molecule has 0 bridgehead atoms. The van der Waals surface area contributed by atoms with Crippen LogP contribution in [0.1, 0.15) is 72.9 Å². The lowest BCUT2D eigenvalue weighted by Crippen LogP contribution is -2.52. The number of piperidine rings is 1. The van der Waals surface area contributed by atoms with Crippen LogP contribution >= 0.6 is 0 Å². The molecule has 0 spiro atoms. The standard InChI is InChI=1S/C24H29N5O4/c25-28-26-13-5-3-1-2-4-6-14-33-15-7-8-18-9-10-20-19(16-18)17-29(24(20)32)21-11-12-22(30)27-23(21)31/h9-10,16,21H,1-6,11-15,17H2,(H,27,30,31). The molecule has 1 unspecified atom stereocenters. The van der Waals surface area contributed by atoms with Crippen molar-refractivity contribution >= 4 is 17.7 Å². The number of carbonyl (C=O) groups is 3. The van der Waals surface area contributed by atoms with Crippen molar-refractivity contribution in [2.24, 2.45) is 5.11 Å². The molecule has 2 heterocycles. The number of benzene rings is 1. The Morgan fingerprint density at radius 3 is 2.73 bits per heavy atom. The third-order valence-electron chi connectivity index (χ3n) is 5.79. The summed E-state index contributed by atoms with van der Waals surface area (Å²) in [5.74, 6) is 5.20. The maximum absolute atomic E-state index is 12.7. The summed E-state index contributed by atoms with van der Waals surface area (Å²) in [5, 5.41) is 5.83. The van der Waals surface area contributed by atoms with Crippen LogP contribution in [0.3, 0.4) is 0 Å². The minimum atomic E-state index is -0.608. The van der Waals surface area contributed by atoms with Crippen molar-refractivity contribution in [2.45, 2.75) is 64.0 Å². The first-order valence-electron chi connectivity index (χ1n) is 11.4. The molecule has 0 aromatic heterocycles. The van der Waals surface area contributed by atoms with Gasteiger partial charge in [-0.1, -0.05) is 42.6 Å². The smallest absolute Gasteiger partial charge is 0.255 e. The quantitative estimate of drug-likeness (QED) is 0.138. The second-order valence-corrected chi connectivity index (χ2v) is 8.20. The van der Waals surface area contributed by atoms with Gasteiger partial charge in [0.1, 0.15) is 12.6 Å². The average molecular weight is 452 g/mol. The van der Waals surface area contributed by atoms with Crippen molar-refractivity contribution in [3.8, 4) is 11.8 Å². The van der Waals surface area contributed by atoms with Crippen LogP contribution in [-0.2, 0) is 20.9 Å². The topological polar surface area (TPSA) is 124 Å². The van der Waals surface area contributed by atoms with Crippen LogP contribution in [-0.4, -0.2) is 48.4 Å². The van der Waals surface area contributed by atoms with Crippen molar-refractivity contribution in [1.29, 1.82) is 0 Å². The Hall–Kier alpha value is -3.34. The number of hydrogen-bond acceptors (Lipinski definition) is 5. The Morgan fingerprint density at radius 1 is 1.15 bits per heavy atom. The molecule has 1 aromatic carbocycles. The van der Waals surface area contributed by atoms with Crippen LogP contribution in [0.4, 0.5) is 0 Å². The number of hydrogen-bond donors (Lipinski definition) is 1. The maximum Gasteiger partial charge on any atom is 0.255 e. The summed E-state index contributed by atoms with van der Waals surface area (Å²) in [7, 11) is 0. The van der Waals surface area contributed by atoms with E-state index in [-0.39, 0.29) is 18.2 Å². The highest BCUT2D eigenvalue weighted by atomic mass is 16.5. The van der Waals surface area contributed by atoms with Gasteiger partial charge in [-0.3, -0.25) is 19.7 Å². The summed E-state index contributed by atoms with van der Waals surface area (Å²) in [6.07, 6.45) is 7.02. The molecule has 174 valence electrons. The van der Waals surface area contributed by atoms with E-state index in [9.17, 15) is 14.4 Å². The Labute approximate surface area is 193 Å². The van der Waals surface area contributed by atoms with Crippen LogP contribution in [0.5, 0.6) is 0 Å². The fourth-order valence-electron chi connectivity index (χ4n) is 4.05. The van der Waals surface area contributed by atoms with Crippen LogP contribution in [0.25, 0.3) is 10.4 Å². The molecule has 0 saturated carbocycles. The number of carbonyl (C=O) groups excluding carboxylic acids is 3. The SMILES string of the molecule is [N-]=[N+]=NCCCCCCCCOCC#Cc1ccc2c(c1)CN(C1CCC(=O)NC1=O)C2=O. The van der Waals surface area contributed by atoms with Crippen LogP contribution in [0.2, 0.25) is 0 Å². The molecule has 33 heavy (non-hydrogen) atoms. The van der Waals surface area contributed by atoms with E-state index in [1.165, 1.54) is 4.90 Å². The van der Waals surface area contributed by atoms with Gasteiger partial charge in [0.15, 0.2) is 0 Å². The largest absolute Gasteiger partial charge is 0.369 e. The zero-order chi connectivity index (χ0) is 23.5. The van der Waals surface area contributed by atoms with Crippen molar-refractivity contribution in [1.82, 2.24) is 10.2 Å². The normalized spacial score (nSPS) is 17.2. The summed E-state index contributed by atoms with van der Waals surface area (Å²) < 4.78 is 5.58. The van der Waals surface area contributed by atoms with E-state index in [1.54, 1.807) is 12.1 Å². The van der Waals surface area contributed by atoms with Gasteiger partial charge in [0.05, 0.1) is 0 Å². The molecule has 2 aliphatic heterocycles. The van der Waals surface area contributed by atoms with Gasteiger partial charge in [0.25, 0.3) is 5.91 Å². The number of nitrogens with one attached hydrogen (secondary N) is 1. The number of rotatable bonds is 11. The van der Waals surface area contributed by atoms with E-state index in [2.05, 4.69) is 27.2 Å². The molecule has 0 radical (unpaired) electrons. The Morgan fingerprint density at radius 2 is 1.94 bits per heavy atom. The highest BCUT2D eigenvalue weighted by molar-refractivity contribution is 6.05. The lowest BCUT2D eigenvalue weighted by molar-refractivity contribution is -0.136. The van der Waals surface area contributed by atoms with Crippen molar-refractivity contribution in [3.05, 3.63) is 45.3 Å². The molecule has 9 heteroatoms. The minimum absolute atomic E-state index is 0.182. The molecule has 9 nitrogen and oxygen atoms in total. The Balaban J connectivity index is 1.36. The first-order valence-corrected chi connectivity index (χ1v) is 11.4. The number of unbranched alkanes of at least 4 members (excludes halogenated alkanes) is 5. The number of ether oxygens (including phenoxy) is 1. The van der Waals surface area contributed by atoms with Crippen molar-refractivity contribution in [3.63, 3.8) is 0 Å². The minimum Gasteiger partial charge on any atom is -0.369 e. The van der Waals surface area contributed by atoms with Crippen molar-refractivity contribution < 1.29 is 19.1 Å². The highest BCUT2D eigenvalue weighted by Gasteiger charge is 2.38. The highest BCUT2D eigenvalue weighted by Crippen LogP contribution is 2.28. The van der Waals surface area contributed by atoms with E-state index in [0.29, 0.717) is 38.3 Å². The van der Waals surface area contributed by atoms with Gasteiger partial charge < -0.3 is 9.64 Å². The van der Waals surface area contributed by atoms with Gasteiger partial charge in [-0.2, -0.15) is 0 Å². The molecular weight excluding hydrogens is 422 g/mol. The summed E-state index contributed by atoms with van der Waals surface area (Å²) in [6, 6.07) is 4.83. The van der Waals surface area contributed by atoms with Gasteiger partial charge in [-0.25, -0.2) is 0 Å². The Bertz CT molecular complexity index is 990. The molecule has 2 aliphatic rings. The lowest BCUT2D eigenvalue weighted by atomic mass is 10.0. The number of azide groups is 1. The van der Waals surface area contributed by atoms with E-state index in [1.807, 2.05) is 6.07 Å². The third kappa shape index (κ3) is 7.07. The van der Waals surface area contributed by atoms with Crippen molar-refractivity contribution in [2.75, 3.05) is 19.8 Å². The molecule has 1 atom stereocenters. The molecule has 3 amide bonds. The van der Waals surface area contributed by atoms with Gasteiger partial charge in [-0.05, 0) is 48.6 Å². The summed E-state index contributed by atoms with van der Waals surface area (Å²) in [6.45, 7) is 1.95. The van der Waals surface area contributed by atoms with Crippen LogP contribution in [0, 0.1) is 11.8 Å². The Kier molecular flexibility index (Phi) is 9.31. The average Bonchev–Trinajstić information content (AvgIpc) is 3.12. The number of imide groups is 1.